The first-order valence-electron chi connectivity index (χ1n) is 11.1. The molecule has 5 heteroatoms. The Morgan fingerprint density at radius 1 is 0.758 bits per heavy atom. The van der Waals surface area contributed by atoms with Crippen LogP contribution in [0.25, 0.3) is 0 Å². The lowest BCUT2D eigenvalue weighted by Crippen LogP contribution is -2.10. The van der Waals surface area contributed by atoms with E-state index in [4.69, 9.17) is 9.47 Å². The fourth-order valence-electron chi connectivity index (χ4n) is 3.28. The Balaban J connectivity index is 1.53. The largest absolute Gasteiger partial charge is 0.462 e. The number of benzene rings is 3. The molecule has 0 aromatic heterocycles. The van der Waals surface area contributed by atoms with Gasteiger partial charge in [0.1, 0.15) is 5.75 Å². The number of para-hydroxylation sites is 2. The second-order valence-corrected chi connectivity index (χ2v) is 7.70. The van der Waals surface area contributed by atoms with Gasteiger partial charge in [-0.2, -0.15) is 0 Å². The Morgan fingerprint density at radius 3 is 1.85 bits per heavy atom. The topological polar surface area (TPSA) is 55.8 Å². The van der Waals surface area contributed by atoms with E-state index in [1.54, 1.807) is 6.92 Å². The van der Waals surface area contributed by atoms with Crippen molar-refractivity contribution in [2.45, 2.75) is 32.6 Å². The van der Waals surface area contributed by atoms with Crippen LogP contribution in [0.5, 0.6) is 5.75 Å². The molecule has 0 atom stereocenters. The van der Waals surface area contributed by atoms with E-state index in [1.807, 2.05) is 60.7 Å². The fraction of sp³-hybridized carbons (Fsp3) is 0.214. The lowest BCUT2D eigenvalue weighted by Gasteiger charge is -2.25. The molecule has 0 heterocycles. The summed E-state index contributed by atoms with van der Waals surface area (Å²) in [4.78, 5) is 25.6. The lowest BCUT2D eigenvalue weighted by atomic mass is 10.2. The lowest BCUT2D eigenvalue weighted by molar-refractivity contribution is -0.139. The highest BCUT2D eigenvalue weighted by Gasteiger charge is 2.12. The molecule has 0 aliphatic carbocycles. The number of carbonyl (C=O) groups excluding carboxylic acids is 2. The maximum atomic E-state index is 12.2. The van der Waals surface area contributed by atoms with Gasteiger partial charge in [0.2, 0.25) is 0 Å². The van der Waals surface area contributed by atoms with Gasteiger partial charge in [-0.25, -0.2) is 4.79 Å². The fourth-order valence-corrected chi connectivity index (χ4v) is 3.28. The molecule has 3 aromatic carbocycles. The highest BCUT2D eigenvalue weighted by atomic mass is 16.5. The summed E-state index contributed by atoms with van der Waals surface area (Å²) in [5.74, 6) is -0.138. The van der Waals surface area contributed by atoms with Crippen molar-refractivity contribution in [3.05, 3.63) is 97.1 Å². The van der Waals surface area contributed by atoms with E-state index in [-0.39, 0.29) is 11.9 Å². The molecule has 0 aliphatic rings. The molecule has 33 heavy (non-hydrogen) atoms. The number of carbonyl (C=O) groups is 2. The number of hydrogen-bond donors (Lipinski definition) is 0. The number of esters is 2. The van der Waals surface area contributed by atoms with Gasteiger partial charge < -0.3 is 14.4 Å². The number of unbranched alkanes of at least 4 members (excludes halogenated alkanes) is 2. The quantitative estimate of drug-likeness (QED) is 0.142. The van der Waals surface area contributed by atoms with Crippen molar-refractivity contribution in [2.24, 2.45) is 0 Å². The van der Waals surface area contributed by atoms with Crippen LogP contribution in [0.4, 0.5) is 17.1 Å². The van der Waals surface area contributed by atoms with E-state index in [0.717, 1.165) is 23.5 Å². The summed E-state index contributed by atoms with van der Waals surface area (Å²) in [6, 6.07) is 27.7. The van der Waals surface area contributed by atoms with E-state index >= 15 is 0 Å². The van der Waals surface area contributed by atoms with Gasteiger partial charge in [-0.05, 0) is 74.7 Å². The molecule has 170 valence electrons. The van der Waals surface area contributed by atoms with E-state index in [2.05, 4.69) is 35.7 Å². The minimum absolute atomic E-state index is 0.273. The molecule has 0 N–H and O–H groups in total. The Kier molecular flexibility index (Phi) is 8.83. The third-order valence-corrected chi connectivity index (χ3v) is 4.96. The zero-order valence-corrected chi connectivity index (χ0v) is 18.9. The number of ether oxygens (including phenoxy) is 2. The van der Waals surface area contributed by atoms with Crippen molar-refractivity contribution in [1.82, 2.24) is 0 Å². The summed E-state index contributed by atoms with van der Waals surface area (Å²) in [5.41, 5.74) is 3.45. The van der Waals surface area contributed by atoms with Crippen molar-refractivity contribution in [1.29, 1.82) is 0 Å². The normalized spacial score (nSPS) is 10.3. The van der Waals surface area contributed by atoms with Gasteiger partial charge in [0.05, 0.1) is 6.61 Å². The zero-order chi connectivity index (χ0) is 23.5. The van der Waals surface area contributed by atoms with Crippen LogP contribution in [-0.4, -0.2) is 18.5 Å². The van der Waals surface area contributed by atoms with Crippen LogP contribution in [0.1, 0.15) is 32.6 Å². The zero-order valence-electron chi connectivity index (χ0n) is 18.9. The predicted octanol–water partition coefficient (Wildman–Crippen LogP) is 6.74. The maximum absolute atomic E-state index is 12.2. The average molecular weight is 444 g/mol. The molecular weight excluding hydrogens is 414 g/mol. The Morgan fingerprint density at radius 2 is 1.30 bits per heavy atom. The van der Waals surface area contributed by atoms with E-state index in [1.165, 1.54) is 0 Å². The summed E-state index contributed by atoms with van der Waals surface area (Å²) < 4.78 is 10.5. The van der Waals surface area contributed by atoms with Crippen LogP contribution < -0.4 is 9.64 Å². The van der Waals surface area contributed by atoms with Gasteiger partial charge in [0, 0.05) is 29.1 Å². The molecule has 0 bridgehead atoms. The molecule has 0 amide bonds. The second kappa shape index (κ2) is 12.2. The first kappa shape index (κ1) is 23.8. The van der Waals surface area contributed by atoms with Crippen molar-refractivity contribution in [3.63, 3.8) is 0 Å². The minimum atomic E-state index is -0.379. The SMILES string of the molecule is C=C(C)C(=O)OCCCCCC(=O)Oc1ccc(N(c2ccccc2)c2ccccc2)cc1. The molecule has 0 fully saturated rings. The van der Waals surface area contributed by atoms with Gasteiger partial charge in [0.25, 0.3) is 0 Å². The maximum Gasteiger partial charge on any atom is 0.333 e. The molecule has 0 saturated heterocycles. The van der Waals surface area contributed by atoms with Gasteiger partial charge >= 0.3 is 11.9 Å². The van der Waals surface area contributed by atoms with Gasteiger partial charge in [-0.3, -0.25) is 4.79 Å². The highest BCUT2D eigenvalue weighted by Crippen LogP contribution is 2.34. The predicted molar refractivity (Wildman–Crippen MR) is 131 cm³/mol. The van der Waals surface area contributed by atoms with E-state index in [9.17, 15) is 9.59 Å². The molecule has 0 radical (unpaired) electrons. The van der Waals surface area contributed by atoms with Crippen molar-refractivity contribution >= 4 is 29.0 Å². The summed E-state index contributed by atoms with van der Waals surface area (Å²) in [7, 11) is 0. The van der Waals surface area contributed by atoms with Crippen LogP contribution in [0.15, 0.2) is 97.1 Å². The number of hydrogen-bond acceptors (Lipinski definition) is 5. The Labute approximate surface area is 195 Å². The minimum Gasteiger partial charge on any atom is -0.462 e. The van der Waals surface area contributed by atoms with E-state index in [0.29, 0.717) is 37.2 Å². The number of rotatable bonds is 11. The first-order chi connectivity index (χ1) is 16.0. The molecule has 5 nitrogen and oxygen atoms in total. The molecule has 0 saturated carbocycles. The van der Waals surface area contributed by atoms with Gasteiger partial charge in [0.15, 0.2) is 0 Å². The highest BCUT2D eigenvalue weighted by molar-refractivity contribution is 5.86. The van der Waals surface area contributed by atoms with Crippen LogP contribution in [0, 0.1) is 0 Å². The van der Waals surface area contributed by atoms with Crippen molar-refractivity contribution in [2.75, 3.05) is 11.5 Å². The standard InChI is InChI=1S/C28H29NO4/c1-22(2)28(31)32-21-11-5-10-16-27(30)33-26-19-17-25(18-20-26)29(23-12-6-3-7-13-23)24-14-8-4-9-15-24/h3-4,6-9,12-15,17-20H,1,5,10-11,16,21H2,2H3. The number of anilines is 3. The van der Waals surface area contributed by atoms with Crippen LogP contribution >= 0.6 is 0 Å². The molecule has 3 rings (SSSR count). The molecule has 0 aliphatic heterocycles. The molecule has 3 aromatic rings. The average Bonchev–Trinajstić information content (AvgIpc) is 2.83. The third-order valence-electron chi connectivity index (χ3n) is 4.96. The van der Waals surface area contributed by atoms with Crippen LogP contribution in [0.2, 0.25) is 0 Å². The summed E-state index contributed by atoms with van der Waals surface area (Å²) >= 11 is 0. The first-order valence-corrected chi connectivity index (χ1v) is 11.1. The third kappa shape index (κ3) is 7.35. The second-order valence-electron chi connectivity index (χ2n) is 7.70. The van der Waals surface area contributed by atoms with Crippen molar-refractivity contribution < 1.29 is 19.1 Å². The Hall–Kier alpha value is -3.86. The van der Waals surface area contributed by atoms with Crippen molar-refractivity contribution in [3.8, 4) is 5.75 Å². The molecular formula is C28H29NO4. The number of nitrogens with zero attached hydrogens (tertiary/aromatic N) is 1. The summed E-state index contributed by atoms with van der Waals surface area (Å²) in [6.07, 6.45) is 2.48. The van der Waals surface area contributed by atoms with E-state index < -0.39 is 0 Å². The molecule has 0 unspecified atom stereocenters. The Bertz CT molecular complexity index is 1010. The summed E-state index contributed by atoms with van der Waals surface area (Å²) in [5, 5.41) is 0. The van der Waals surface area contributed by atoms with Gasteiger partial charge in [-0.1, -0.05) is 43.0 Å². The van der Waals surface area contributed by atoms with Crippen LogP contribution in [0.3, 0.4) is 0 Å². The monoisotopic (exact) mass is 443 g/mol. The summed E-state index contributed by atoms with van der Waals surface area (Å²) in [6.45, 7) is 5.49. The smallest absolute Gasteiger partial charge is 0.333 e. The molecule has 0 spiro atoms. The van der Waals surface area contributed by atoms with Gasteiger partial charge in [-0.15, -0.1) is 0 Å². The van der Waals surface area contributed by atoms with Crippen LogP contribution in [-0.2, 0) is 14.3 Å².